The molecule has 1 aliphatic carbocycles. The summed E-state index contributed by atoms with van der Waals surface area (Å²) in [7, 11) is 4.04. The van der Waals surface area contributed by atoms with Gasteiger partial charge in [0.1, 0.15) is 0 Å². The zero-order chi connectivity index (χ0) is 18.9. The molecule has 0 bridgehead atoms. The SMILES string of the molecule is CN=C(NCCCCN(C)c1ccccc1)NC1CCN(C2CCCC2)C1.I. The lowest BCUT2D eigenvalue weighted by molar-refractivity contribution is 0.242. The van der Waals surface area contributed by atoms with Gasteiger partial charge in [-0.2, -0.15) is 0 Å². The van der Waals surface area contributed by atoms with Crippen LogP contribution in [0.2, 0.25) is 0 Å². The number of rotatable bonds is 8. The second-order valence-corrected chi connectivity index (χ2v) is 8.03. The van der Waals surface area contributed by atoms with Gasteiger partial charge in [-0.25, -0.2) is 0 Å². The summed E-state index contributed by atoms with van der Waals surface area (Å²) in [4.78, 5) is 9.43. The van der Waals surface area contributed by atoms with Crippen molar-refractivity contribution in [1.82, 2.24) is 15.5 Å². The molecular weight excluding hydrogens is 461 g/mol. The van der Waals surface area contributed by atoms with Crippen LogP contribution in [0.1, 0.15) is 44.9 Å². The lowest BCUT2D eigenvalue weighted by atomic mass is 10.2. The van der Waals surface area contributed by atoms with Gasteiger partial charge >= 0.3 is 0 Å². The fourth-order valence-electron chi connectivity index (χ4n) is 4.39. The van der Waals surface area contributed by atoms with Crippen molar-refractivity contribution in [2.45, 2.75) is 57.0 Å². The normalized spacial score (nSPS) is 20.8. The van der Waals surface area contributed by atoms with E-state index in [1.165, 1.54) is 57.3 Å². The van der Waals surface area contributed by atoms with Crippen molar-refractivity contribution in [1.29, 1.82) is 0 Å². The standard InChI is InChI=1S/C22H37N5.HI/c1-23-22(25-19-14-17-27(18-19)21-12-6-7-13-21)24-15-8-9-16-26(2)20-10-4-3-5-11-20;/h3-5,10-11,19,21H,6-9,12-18H2,1-2H3,(H2,23,24,25);1H. The largest absolute Gasteiger partial charge is 0.375 e. The summed E-state index contributed by atoms with van der Waals surface area (Å²) in [5.41, 5.74) is 1.29. The van der Waals surface area contributed by atoms with Crippen molar-refractivity contribution in [3.63, 3.8) is 0 Å². The molecule has 158 valence electrons. The van der Waals surface area contributed by atoms with E-state index in [4.69, 9.17) is 0 Å². The molecule has 0 amide bonds. The van der Waals surface area contributed by atoms with E-state index in [9.17, 15) is 0 Å². The summed E-state index contributed by atoms with van der Waals surface area (Å²) < 4.78 is 0. The van der Waals surface area contributed by atoms with Gasteiger partial charge in [-0.1, -0.05) is 31.0 Å². The highest BCUT2D eigenvalue weighted by Gasteiger charge is 2.30. The Morgan fingerprint density at radius 2 is 1.89 bits per heavy atom. The van der Waals surface area contributed by atoms with Crippen molar-refractivity contribution in [3.8, 4) is 0 Å². The molecule has 1 aliphatic heterocycles. The van der Waals surface area contributed by atoms with Gasteiger partial charge in [0.2, 0.25) is 0 Å². The number of guanidine groups is 1. The summed E-state index contributed by atoms with van der Waals surface area (Å²) in [6, 6.07) is 12.0. The van der Waals surface area contributed by atoms with Crippen molar-refractivity contribution in [3.05, 3.63) is 30.3 Å². The molecule has 1 heterocycles. The third-order valence-corrected chi connectivity index (χ3v) is 6.03. The Labute approximate surface area is 188 Å². The maximum absolute atomic E-state index is 4.42. The van der Waals surface area contributed by atoms with Crippen LogP contribution in [-0.4, -0.2) is 63.2 Å². The molecule has 1 saturated carbocycles. The molecule has 28 heavy (non-hydrogen) atoms. The third-order valence-electron chi connectivity index (χ3n) is 6.03. The lowest BCUT2D eigenvalue weighted by Crippen LogP contribution is -2.45. The maximum atomic E-state index is 4.42. The number of nitrogens with zero attached hydrogens (tertiary/aromatic N) is 3. The summed E-state index contributed by atoms with van der Waals surface area (Å²) in [5, 5.41) is 7.13. The number of hydrogen-bond acceptors (Lipinski definition) is 3. The predicted octanol–water partition coefficient (Wildman–Crippen LogP) is 3.70. The molecule has 5 nitrogen and oxygen atoms in total. The quantitative estimate of drug-likeness (QED) is 0.248. The second-order valence-electron chi connectivity index (χ2n) is 8.03. The highest BCUT2D eigenvalue weighted by molar-refractivity contribution is 14.0. The number of hydrogen-bond donors (Lipinski definition) is 2. The third kappa shape index (κ3) is 7.10. The molecule has 2 aliphatic rings. The van der Waals surface area contributed by atoms with Crippen molar-refractivity contribution in [2.75, 3.05) is 45.2 Å². The molecule has 6 heteroatoms. The number of aliphatic imine (C=N–C) groups is 1. The van der Waals surface area contributed by atoms with E-state index in [1.807, 2.05) is 7.05 Å². The molecule has 3 rings (SSSR count). The van der Waals surface area contributed by atoms with Crippen LogP contribution in [-0.2, 0) is 0 Å². The first-order valence-corrected chi connectivity index (χ1v) is 10.7. The van der Waals surface area contributed by atoms with Gasteiger partial charge in [0.05, 0.1) is 0 Å². The van der Waals surface area contributed by atoms with Crippen molar-refractivity contribution >= 4 is 35.6 Å². The number of likely N-dealkylation sites (tertiary alicyclic amines) is 1. The molecule has 0 aromatic heterocycles. The van der Waals surface area contributed by atoms with E-state index >= 15 is 0 Å². The molecular formula is C22H38IN5. The first-order chi connectivity index (χ1) is 13.3. The fraction of sp³-hybridized carbons (Fsp3) is 0.682. The summed E-state index contributed by atoms with van der Waals surface area (Å²) in [5.74, 6) is 0.963. The van der Waals surface area contributed by atoms with Crippen LogP contribution in [0.4, 0.5) is 5.69 Å². The second kappa shape index (κ2) is 12.5. The number of anilines is 1. The molecule has 1 aromatic rings. The molecule has 1 saturated heterocycles. The van der Waals surface area contributed by atoms with Crippen LogP contribution in [0, 0.1) is 0 Å². The van der Waals surface area contributed by atoms with Gasteiger partial charge in [-0.3, -0.25) is 9.89 Å². The van der Waals surface area contributed by atoms with E-state index in [2.05, 4.69) is 62.8 Å². The Morgan fingerprint density at radius 1 is 1.14 bits per heavy atom. The summed E-state index contributed by atoms with van der Waals surface area (Å²) >= 11 is 0. The Morgan fingerprint density at radius 3 is 2.61 bits per heavy atom. The molecule has 0 spiro atoms. The predicted molar refractivity (Wildman–Crippen MR) is 131 cm³/mol. The van der Waals surface area contributed by atoms with Crippen molar-refractivity contribution in [2.24, 2.45) is 4.99 Å². The molecule has 0 radical (unpaired) electrons. The van der Waals surface area contributed by atoms with Gasteiger partial charge in [0.25, 0.3) is 0 Å². The number of nitrogens with one attached hydrogen (secondary N) is 2. The number of unbranched alkanes of at least 4 members (excludes halogenated alkanes) is 1. The van der Waals surface area contributed by atoms with Crippen LogP contribution < -0.4 is 15.5 Å². The van der Waals surface area contributed by atoms with Gasteiger partial charge in [-0.05, 0) is 44.2 Å². The molecule has 1 atom stereocenters. The van der Waals surface area contributed by atoms with Crippen molar-refractivity contribution < 1.29 is 0 Å². The van der Waals surface area contributed by atoms with E-state index in [-0.39, 0.29) is 24.0 Å². The van der Waals surface area contributed by atoms with E-state index < -0.39 is 0 Å². The number of halogens is 1. The zero-order valence-electron chi connectivity index (χ0n) is 17.6. The molecule has 2 N–H and O–H groups in total. The average Bonchev–Trinajstić information content (AvgIpc) is 3.39. The highest BCUT2D eigenvalue weighted by atomic mass is 127. The van der Waals surface area contributed by atoms with Crippen LogP contribution in [0.3, 0.4) is 0 Å². The fourth-order valence-corrected chi connectivity index (χ4v) is 4.39. The Balaban J connectivity index is 0.00000280. The van der Waals surface area contributed by atoms with Gasteiger partial charge < -0.3 is 15.5 Å². The summed E-state index contributed by atoms with van der Waals surface area (Å²) in [6.07, 6.45) is 9.20. The number of para-hydroxylation sites is 1. The zero-order valence-corrected chi connectivity index (χ0v) is 19.9. The van der Waals surface area contributed by atoms with Crippen LogP contribution >= 0.6 is 24.0 Å². The Kier molecular flexibility index (Phi) is 10.4. The smallest absolute Gasteiger partial charge is 0.191 e. The number of benzene rings is 1. The summed E-state index contributed by atoms with van der Waals surface area (Å²) in [6.45, 7) is 4.47. The molecule has 1 unspecified atom stereocenters. The van der Waals surface area contributed by atoms with Gasteiger partial charge in [0, 0.05) is 58.0 Å². The average molecular weight is 499 g/mol. The van der Waals surface area contributed by atoms with E-state index in [0.29, 0.717) is 6.04 Å². The Hall–Kier alpha value is -1.02. The minimum Gasteiger partial charge on any atom is -0.375 e. The van der Waals surface area contributed by atoms with E-state index in [0.717, 1.165) is 31.5 Å². The van der Waals surface area contributed by atoms with E-state index in [1.54, 1.807) is 0 Å². The first-order valence-electron chi connectivity index (χ1n) is 10.7. The van der Waals surface area contributed by atoms with Crippen LogP contribution in [0.25, 0.3) is 0 Å². The minimum absolute atomic E-state index is 0. The lowest BCUT2D eigenvalue weighted by Gasteiger charge is -2.24. The monoisotopic (exact) mass is 499 g/mol. The minimum atomic E-state index is 0. The highest BCUT2D eigenvalue weighted by Crippen LogP contribution is 2.26. The van der Waals surface area contributed by atoms with Gasteiger partial charge in [0.15, 0.2) is 5.96 Å². The topological polar surface area (TPSA) is 42.9 Å². The van der Waals surface area contributed by atoms with Gasteiger partial charge in [-0.15, -0.1) is 24.0 Å². The maximum Gasteiger partial charge on any atom is 0.191 e. The molecule has 1 aromatic carbocycles. The first kappa shape index (κ1) is 23.3. The van der Waals surface area contributed by atoms with Crippen LogP contribution in [0.15, 0.2) is 35.3 Å². The Bertz CT molecular complexity index is 574. The molecule has 2 fully saturated rings. The van der Waals surface area contributed by atoms with Crippen LogP contribution in [0.5, 0.6) is 0 Å².